The Bertz CT molecular complexity index is 475. The van der Waals surface area contributed by atoms with Crippen molar-refractivity contribution >= 4 is 6.03 Å². The minimum Gasteiger partial charge on any atom is -0.335 e. The number of aromatic nitrogens is 1. The third-order valence-corrected chi connectivity index (χ3v) is 4.36. The van der Waals surface area contributed by atoms with E-state index in [1.165, 1.54) is 5.56 Å². The van der Waals surface area contributed by atoms with Crippen molar-refractivity contribution in [2.24, 2.45) is 11.8 Å². The summed E-state index contributed by atoms with van der Waals surface area (Å²) < 4.78 is 0. The number of rotatable bonds is 4. The van der Waals surface area contributed by atoms with Gasteiger partial charge in [-0.2, -0.15) is 0 Å². The van der Waals surface area contributed by atoms with Gasteiger partial charge in [0.1, 0.15) is 0 Å². The molecular weight excluding hydrogens is 250 g/mol. The van der Waals surface area contributed by atoms with Gasteiger partial charge in [-0.1, -0.05) is 19.9 Å². The first-order valence-electron chi connectivity index (χ1n) is 7.12. The lowest BCUT2D eigenvalue weighted by Crippen LogP contribution is -2.44. The first kappa shape index (κ1) is 14.6. The summed E-state index contributed by atoms with van der Waals surface area (Å²) in [6, 6.07) is 2.10. The van der Waals surface area contributed by atoms with Crippen LogP contribution >= 0.6 is 0 Å². The number of hydrogen-bond donors (Lipinski definition) is 1. The molecule has 1 aliphatic rings. The highest BCUT2D eigenvalue weighted by atomic mass is 16.2. The average molecular weight is 273 g/mol. The van der Waals surface area contributed by atoms with Crippen molar-refractivity contribution in [1.29, 1.82) is 0 Å². The van der Waals surface area contributed by atoms with E-state index >= 15 is 0 Å². The van der Waals surface area contributed by atoms with Gasteiger partial charge in [0.05, 0.1) is 0 Å². The summed E-state index contributed by atoms with van der Waals surface area (Å²) in [6.45, 7) is 11.4. The summed E-state index contributed by atoms with van der Waals surface area (Å²) in [6.07, 6.45) is 5.55. The molecular formula is C16H23N3O. The molecule has 1 aromatic heterocycles. The van der Waals surface area contributed by atoms with Gasteiger partial charge >= 0.3 is 6.03 Å². The van der Waals surface area contributed by atoms with Crippen molar-refractivity contribution in [2.75, 3.05) is 0 Å². The number of hydrogen-bond acceptors (Lipinski definition) is 2. The van der Waals surface area contributed by atoms with E-state index in [-0.39, 0.29) is 12.1 Å². The van der Waals surface area contributed by atoms with Crippen LogP contribution in [0.2, 0.25) is 0 Å². The summed E-state index contributed by atoms with van der Waals surface area (Å²) >= 11 is 0. The van der Waals surface area contributed by atoms with E-state index in [4.69, 9.17) is 0 Å². The summed E-state index contributed by atoms with van der Waals surface area (Å²) in [5, 5.41) is 3.09. The molecule has 4 heteroatoms. The van der Waals surface area contributed by atoms with Crippen LogP contribution in [0.1, 0.15) is 31.9 Å². The largest absolute Gasteiger partial charge is 0.335 e. The molecule has 2 rings (SSSR count). The maximum atomic E-state index is 12.3. The second kappa shape index (κ2) is 6.07. The lowest BCUT2D eigenvalue weighted by Gasteiger charge is -2.27. The smallest absolute Gasteiger partial charge is 0.318 e. The quantitative estimate of drug-likeness (QED) is 0.857. The summed E-state index contributed by atoms with van der Waals surface area (Å²) in [5.74, 6) is 0.744. The SMILES string of the molecule is C=CC(C)[C@@H](C)[C@@H](C)NC(=O)N1Cc2ccncc2C1. The highest BCUT2D eigenvalue weighted by Gasteiger charge is 2.26. The molecule has 0 fully saturated rings. The van der Waals surface area contributed by atoms with E-state index in [2.05, 4.69) is 30.7 Å². The molecule has 0 spiro atoms. The van der Waals surface area contributed by atoms with Crippen LogP contribution in [0.4, 0.5) is 4.79 Å². The molecule has 20 heavy (non-hydrogen) atoms. The molecule has 3 atom stereocenters. The van der Waals surface area contributed by atoms with Crippen molar-refractivity contribution in [3.8, 4) is 0 Å². The number of urea groups is 1. The second-order valence-corrected chi connectivity index (χ2v) is 5.69. The number of pyridine rings is 1. The first-order chi connectivity index (χ1) is 9.52. The summed E-state index contributed by atoms with van der Waals surface area (Å²) in [7, 11) is 0. The predicted molar refractivity (Wildman–Crippen MR) is 80.0 cm³/mol. The van der Waals surface area contributed by atoms with Gasteiger partial charge in [-0.25, -0.2) is 4.79 Å². The fourth-order valence-corrected chi connectivity index (χ4v) is 2.45. The number of nitrogens with one attached hydrogen (secondary N) is 1. The molecule has 2 amide bonds. The van der Waals surface area contributed by atoms with E-state index in [9.17, 15) is 4.79 Å². The van der Waals surface area contributed by atoms with Crippen molar-refractivity contribution < 1.29 is 4.79 Å². The monoisotopic (exact) mass is 273 g/mol. The van der Waals surface area contributed by atoms with Crippen molar-refractivity contribution in [3.63, 3.8) is 0 Å². The molecule has 2 heterocycles. The topological polar surface area (TPSA) is 45.2 Å². The minimum atomic E-state index is -0.00295. The predicted octanol–water partition coefficient (Wildman–Crippen LogP) is 2.95. The second-order valence-electron chi connectivity index (χ2n) is 5.69. The Morgan fingerprint density at radius 2 is 2.10 bits per heavy atom. The van der Waals surface area contributed by atoms with Crippen LogP contribution < -0.4 is 5.32 Å². The Labute approximate surface area is 120 Å². The van der Waals surface area contributed by atoms with E-state index in [1.54, 1.807) is 6.20 Å². The van der Waals surface area contributed by atoms with E-state index < -0.39 is 0 Å². The summed E-state index contributed by atoms with van der Waals surface area (Å²) in [5.41, 5.74) is 2.33. The molecule has 0 radical (unpaired) electrons. The maximum Gasteiger partial charge on any atom is 0.318 e. The van der Waals surface area contributed by atoms with Gasteiger partial charge in [0.15, 0.2) is 0 Å². The third-order valence-electron chi connectivity index (χ3n) is 4.36. The van der Waals surface area contributed by atoms with Crippen molar-refractivity contribution in [1.82, 2.24) is 15.2 Å². The molecule has 1 unspecified atom stereocenters. The first-order valence-corrected chi connectivity index (χ1v) is 7.12. The van der Waals surface area contributed by atoms with Crippen molar-refractivity contribution in [2.45, 2.75) is 39.9 Å². The Morgan fingerprint density at radius 1 is 1.40 bits per heavy atom. The fourth-order valence-electron chi connectivity index (χ4n) is 2.45. The van der Waals surface area contributed by atoms with E-state index in [1.807, 2.05) is 30.2 Å². The molecule has 0 aromatic carbocycles. The minimum absolute atomic E-state index is 0.00295. The molecule has 0 saturated carbocycles. The zero-order chi connectivity index (χ0) is 14.7. The van der Waals surface area contributed by atoms with Gasteiger partial charge in [0, 0.05) is 31.5 Å². The number of carbonyl (C=O) groups excluding carboxylic acids is 1. The highest BCUT2D eigenvalue weighted by Crippen LogP contribution is 2.22. The Balaban J connectivity index is 1.92. The molecule has 0 aliphatic carbocycles. The Hall–Kier alpha value is -1.84. The van der Waals surface area contributed by atoms with Crippen LogP contribution in [0.3, 0.4) is 0 Å². The average Bonchev–Trinajstić information content (AvgIpc) is 2.89. The van der Waals surface area contributed by atoms with Gasteiger partial charge in [-0.15, -0.1) is 6.58 Å². The number of nitrogens with zero attached hydrogens (tertiary/aromatic N) is 2. The van der Waals surface area contributed by atoms with Crippen LogP contribution in [-0.4, -0.2) is 22.0 Å². The van der Waals surface area contributed by atoms with Crippen LogP contribution in [-0.2, 0) is 13.1 Å². The number of allylic oxidation sites excluding steroid dienone is 1. The van der Waals surface area contributed by atoms with Gasteiger partial charge in [-0.05, 0) is 36.0 Å². The van der Waals surface area contributed by atoms with Crippen molar-refractivity contribution in [3.05, 3.63) is 42.2 Å². The highest BCUT2D eigenvalue weighted by molar-refractivity contribution is 5.75. The van der Waals surface area contributed by atoms with Crippen LogP contribution in [0.25, 0.3) is 0 Å². The molecule has 108 valence electrons. The molecule has 0 bridgehead atoms. The number of fused-ring (bicyclic) bond motifs is 1. The van der Waals surface area contributed by atoms with E-state index in [0.29, 0.717) is 24.9 Å². The lowest BCUT2D eigenvalue weighted by atomic mass is 9.90. The van der Waals surface area contributed by atoms with Gasteiger partial charge in [-0.3, -0.25) is 4.98 Å². The van der Waals surface area contributed by atoms with Gasteiger partial charge in [0.25, 0.3) is 0 Å². The maximum absolute atomic E-state index is 12.3. The summed E-state index contributed by atoms with van der Waals surface area (Å²) in [4.78, 5) is 18.2. The Kier molecular flexibility index (Phi) is 4.42. The zero-order valence-corrected chi connectivity index (χ0v) is 12.5. The van der Waals surface area contributed by atoms with Crippen LogP contribution in [0.15, 0.2) is 31.1 Å². The molecule has 4 nitrogen and oxygen atoms in total. The van der Waals surface area contributed by atoms with Crippen LogP contribution in [0.5, 0.6) is 0 Å². The standard InChI is InChI=1S/C16H23N3O/c1-5-11(2)12(3)13(4)18-16(20)19-9-14-6-7-17-8-15(14)10-19/h5-8,11-13H,1,9-10H2,2-4H3,(H,18,20)/t11?,12-,13-/m1/s1. The molecule has 1 aliphatic heterocycles. The normalized spacial score (nSPS) is 18.1. The number of carbonyl (C=O) groups is 1. The number of amides is 2. The Morgan fingerprint density at radius 3 is 2.75 bits per heavy atom. The third kappa shape index (κ3) is 3.00. The zero-order valence-electron chi connectivity index (χ0n) is 12.5. The molecule has 1 N–H and O–H groups in total. The van der Waals surface area contributed by atoms with E-state index in [0.717, 1.165) is 5.56 Å². The van der Waals surface area contributed by atoms with Gasteiger partial charge < -0.3 is 10.2 Å². The molecule has 1 aromatic rings. The van der Waals surface area contributed by atoms with Gasteiger partial charge in [0.2, 0.25) is 0 Å². The van der Waals surface area contributed by atoms with Crippen LogP contribution in [0, 0.1) is 11.8 Å². The lowest BCUT2D eigenvalue weighted by molar-refractivity contribution is 0.188. The molecule has 0 saturated heterocycles. The fraction of sp³-hybridized carbons (Fsp3) is 0.500.